The van der Waals surface area contributed by atoms with E-state index in [4.69, 9.17) is 32.9 Å². The van der Waals surface area contributed by atoms with Crippen LogP contribution in [0.1, 0.15) is 52.7 Å². The van der Waals surface area contributed by atoms with Gasteiger partial charge in [-0.1, -0.05) is 39.6 Å². The fourth-order valence-corrected chi connectivity index (χ4v) is 4.99. The van der Waals surface area contributed by atoms with Crippen molar-refractivity contribution in [2.75, 3.05) is 0 Å². The molecule has 200 valence electrons. The zero-order valence-electron chi connectivity index (χ0n) is 19.7. The Morgan fingerprint density at radius 3 is 2.42 bits per heavy atom. The van der Waals surface area contributed by atoms with Crippen LogP contribution in [0.3, 0.4) is 0 Å². The van der Waals surface area contributed by atoms with Gasteiger partial charge in [-0.05, 0) is 55.2 Å². The number of halogens is 6. The third kappa shape index (κ3) is 4.51. The minimum absolute atomic E-state index is 0.0603. The lowest BCUT2D eigenvalue weighted by molar-refractivity contribution is -0.275. The summed E-state index contributed by atoms with van der Waals surface area (Å²) in [4.78, 5) is 36.0. The van der Waals surface area contributed by atoms with Crippen LogP contribution >= 0.6 is 23.2 Å². The molecule has 0 bridgehead atoms. The van der Waals surface area contributed by atoms with Gasteiger partial charge >= 0.3 is 6.18 Å². The second-order valence-corrected chi connectivity index (χ2v) is 10.2. The van der Waals surface area contributed by atoms with E-state index in [-0.39, 0.29) is 16.8 Å². The van der Waals surface area contributed by atoms with E-state index in [9.17, 15) is 27.2 Å². The number of imide groups is 1. The van der Waals surface area contributed by atoms with Crippen LogP contribution in [-0.2, 0) is 20.1 Å². The van der Waals surface area contributed by atoms with Gasteiger partial charge in [0, 0.05) is 29.9 Å². The highest BCUT2D eigenvalue weighted by atomic mass is 35.5. The van der Waals surface area contributed by atoms with Gasteiger partial charge in [-0.25, -0.2) is 9.29 Å². The molecule has 38 heavy (non-hydrogen) atoms. The summed E-state index contributed by atoms with van der Waals surface area (Å²) in [5.74, 6) is -1.36. The van der Waals surface area contributed by atoms with Crippen LogP contribution < -0.4 is 0 Å². The van der Waals surface area contributed by atoms with Crippen molar-refractivity contribution in [3.63, 3.8) is 0 Å². The van der Waals surface area contributed by atoms with Crippen molar-refractivity contribution in [1.29, 1.82) is 0 Å². The van der Waals surface area contributed by atoms with E-state index in [2.05, 4.69) is 10.3 Å². The second kappa shape index (κ2) is 9.53. The molecule has 1 saturated carbocycles. The number of benzene rings is 2. The van der Waals surface area contributed by atoms with E-state index in [0.29, 0.717) is 24.3 Å². The maximum absolute atomic E-state index is 14.3. The van der Waals surface area contributed by atoms with Crippen LogP contribution in [0.15, 0.2) is 40.6 Å². The van der Waals surface area contributed by atoms with Crippen molar-refractivity contribution in [1.82, 2.24) is 4.90 Å². The molecule has 2 aromatic rings. The molecular formula is C25H19Cl2F4N3O4. The first-order valence-electron chi connectivity index (χ1n) is 11.5. The second-order valence-electron chi connectivity index (χ2n) is 9.35. The lowest BCUT2D eigenvalue weighted by atomic mass is 9.86. The van der Waals surface area contributed by atoms with Crippen LogP contribution in [0.4, 0.5) is 17.6 Å². The van der Waals surface area contributed by atoms with Crippen LogP contribution in [-0.4, -0.2) is 41.0 Å². The Morgan fingerprint density at radius 1 is 1.16 bits per heavy atom. The predicted octanol–water partition coefficient (Wildman–Crippen LogP) is 6.13. The number of hydrogen-bond acceptors (Lipinski definition) is 6. The Morgan fingerprint density at radius 2 is 1.84 bits per heavy atom. The zero-order valence-corrected chi connectivity index (χ0v) is 21.2. The highest BCUT2D eigenvalue weighted by Crippen LogP contribution is 2.50. The summed E-state index contributed by atoms with van der Waals surface area (Å²) >= 11 is 11.5. The van der Waals surface area contributed by atoms with Crippen LogP contribution in [0.25, 0.3) is 0 Å². The molecule has 0 radical (unpaired) electrons. The van der Waals surface area contributed by atoms with E-state index in [1.807, 2.05) is 0 Å². The SMILES string of the molecule is Cc1cc(C2=NOC(c3cc(Cl)c(F)c(Cl)c3)(C(F)(F)F)C2)ccc1C(=O)N(C=O)C1CC(C2CC2)=NO1. The largest absolute Gasteiger partial charge is 0.435 e. The van der Waals surface area contributed by atoms with Gasteiger partial charge in [-0.3, -0.25) is 9.59 Å². The van der Waals surface area contributed by atoms with Crippen molar-refractivity contribution < 1.29 is 36.8 Å². The van der Waals surface area contributed by atoms with Crippen molar-refractivity contribution in [2.45, 2.75) is 50.6 Å². The topological polar surface area (TPSA) is 80.6 Å². The molecule has 7 nitrogen and oxygen atoms in total. The molecule has 2 atom stereocenters. The standard InChI is InChI=1S/C25H19Cl2F4N3O4/c1-12-6-14(4-5-16(12)23(36)34(11-35)21-9-19(32-37-21)13-2-3-13)20-10-24(38-33-20,25(29,30)31)15-7-17(26)22(28)18(27)8-15/h4-8,11,13,21H,2-3,9-10H2,1H3. The van der Waals surface area contributed by atoms with Crippen molar-refractivity contribution in [3.05, 3.63) is 68.4 Å². The van der Waals surface area contributed by atoms with Gasteiger partial charge in [0.25, 0.3) is 11.5 Å². The summed E-state index contributed by atoms with van der Waals surface area (Å²) in [7, 11) is 0. The first-order valence-corrected chi connectivity index (χ1v) is 12.3. The molecule has 2 aliphatic heterocycles. The van der Waals surface area contributed by atoms with Gasteiger partial charge in [0.15, 0.2) is 5.82 Å². The fraction of sp³-hybridized carbons (Fsp3) is 0.360. The molecular weight excluding hydrogens is 553 g/mol. The molecule has 0 aromatic heterocycles. The molecule has 3 aliphatic rings. The zero-order chi connectivity index (χ0) is 27.4. The molecule has 1 aliphatic carbocycles. The number of aryl methyl sites for hydroxylation is 1. The van der Waals surface area contributed by atoms with Gasteiger partial charge in [0.1, 0.15) is 0 Å². The summed E-state index contributed by atoms with van der Waals surface area (Å²) in [6.45, 7) is 1.58. The lowest BCUT2D eigenvalue weighted by Gasteiger charge is -2.29. The van der Waals surface area contributed by atoms with Crippen LogP contribution in [0.5, 0.6) is 0 Å². The number of carbonyl (C=O) groups excluding carboxylic acids is 2. The summed E-state index contributed by atoms with van der Waals surface area (Å²) in [6.07, 6.45) is -3.87. The van der Waals surface area contributed by atoms with Gasteiger partial charge in [0.05, 0.1) is 21.5 Å². The maximum Gasteiger partial charge on any atom is 0.435 e. The third-order valence-electron chi connectivity index (χ3n) is 6.81. The highest BCUT2D eigenvalue weighted by Gasteiger charge is 2.62. The Hall–Kier alpha value is -3.18. The Bertz CT molecular complexity index is 1370. The number of carbonyl (C=O) groups is 2. The number of nitrogens with zero attached hydrogens (tertiary/aromatic N) is 3. The van der Waals surface area contributed by atoms with E-state index in [0.717, 1.165) is 35.6 Å². The number of hydrogen-bond donors (Lipinski definition) is 0. The van der Waals surface area contributed by atoms with Gasteiger partial charge in [0.2, 0.25) is 12.6 Å². The molecule has 1 fully saturated rings. The van der Waals surface area contributed by atoms with E-state index in [1.54, 1.807) is 6.92 Å². The molecule has 2 unspecified atom stereocenters. The van der Waals surface area contributed by atoms with Crippen molar-refractivity contribution in [3.8, 4) is 0 Å². The van der Waals surface area contributed by atoms with E-state index >= 15 is 0 Å². The fourth-order valence-electron chi connectivity index (χ4n) is 4.50. The lowest BCUT2D eigenvalue weighted by Crippen LogP contribution is -2.42. The molecule has 0 N–H and O–H groups in total. The van der Waals surface area contributed by atoms with Crippen LogP contribution in [0.2, 0.25) is 10.0 Å². The molecule has 0 spiro atoms. The monoisotopic (exact) mass is 571 g/mol. The third-order valence-corrected chi connectivity index (χ3v) is 7.36. The van der Waals surface area contributed by atoms with E-state index < -0.39 is 51.8 Å². The van der Waals surface area contributed by atoms with Gasteiger partial charge in [-0.2, -0.15) is 13.2 Å². The molecule has 5 rings (SSSR count). The summed E-state index contributed by atoms with van der Waals surface area (Å²) in [5, 5.41) is 6.49. The molecule has 2 amide bonds. The minimum Gasteiger partial charge on any atom is -0.374 e. The molecule has 0 saturated heterocycles. The van der Waals surface area contributed by atoms with Crippen LogP contribution in [0, 0.1) is 18.7 Å². The molecule has 2 heterocycles. The number of alkyl halides is 3. The Labute approximate surface area is 223 Å². The highest BCUT2D eigenvalue weighted by molar-refractivity contribution is 6.35. The number of rotatable bonds is 6. The van der Waals surface area contributed by atoms with Gasteiger partial charge in [-0.15, -0.1) is 0 Å². The Kier molecular flexibility index (Phi) is 6.63. The first kappa shape index (κ1) is 26.4. The average molecular weight is 572 g/mol. The van der Waals surface area contributed by atoms with Crippen molar-refractivity contribution in [2.24, 2.45) is 16.2 Å². The summed E-state index contributed by atoms with van der Waals surface area (Å²) in [6, 6.07) is 5.88. The summed E-state index contributed by atoms with van der Waals surface area (Å²) < 4.78 is 56.7. The first-order chi connectivity index (χ1) is 17.9. The molecule has 13 heteroatoms. The van der Waals surface area contributed by atoms with Gasteiger partial charge < -0.3 is 9.68 Å². The quantitative estimate of drug-likeness (QED) is 0.237. The normalized spacial score (nSPS) is 22.9. The summed E-state index contributed by atoms with van der Waals surface area (Å²) in [5.41, 5.74) is -1.89. The van der Waals surface area contributed by atoms with Crippen molar-refractivity contribution >= 4 is 46.9 Å². The maximum atomic E-state index is 14.3. The average Bonchev–Trinajstić information content (AvgIpc) is 3.41. The smallest absolute Gasteiger partial charge is 0.374 e. The van der Waals surface area contributed by atoms with E-state index in [1.165, 1.54) is 18.2 Å². The number of oxime groups is 2. The molecule has 2 aromatic carbocycles. The number of amides is 2. The predicted molar refractivity (Wildman–Crippen MR) is 129 cm³/mol. The Balaban J connectivity index is 1.38. The minimum atomic E-state index is -4.96.